The fourth-order valence-corrected chi connectivity index (χ4v) is 6.06. The molecule has 2 heterocycles. The van der Waals surface area contributed by atoms with Gasteiger partial charge < -0.3 is 25.8 Å². The normalized spacial score (nSPS) is 16.5. The van der Waals surface area contributed by atoms with Crippen LogP contribution in [0.3, 0.4) is 0 Å². The van der Waals surface area contributed by atoms with Crippen molar-refractivity contribution in [3.05, 3.63) is 71.5 Å². The number of nitrogens with one attached hydrogen (secondary N) is 1. The molecule has 1 saturated heterocycles. The molecule has 1 aliphatic rings. The van der Waals surface area contributed by atoms with Gasteiger partial charge in [-0.2, -0.15) is 4.31 Å². The average molecular weight is 645 g/mol. The van der Waals surface area contributed by atoms with Crippen LogP contribution in [0.2, 0.25) is 0 Å². The van der Waals surface area contributed by atoms with Gasteiger partial charge in [-0.15, -0.1) is 13.2 Å². The fourth-order valence-electron chi connectivity index (χ4n) is 4.49. The van der Waals surface area contributed by atoms with Crippen molar-refractivity contribution in [2.45, 2.75) is 49.7 Å². The summed E-state index contributed by atoms with van der Waals surface area (Å²) in [7, 11) is -4.42. The van der Waals surface area contributed by atoms with Gasteiger partial charge in [-0.3, -0.25) is 9.78 Å². The van der Waals surface area contributed by atoms with Crippen molar-refractivity contribution in [3.63, 3.8) is 0 Å². The number of aliphatic hydroxyl groups excluding tert-OH is 1. The van der Waals surface area contributed by atoms with E-state index in [-0.39, 0.29) is 60.4 Å². The van der Waals surface area contributed by atoms with E-state index in [4.69, 9.17) is 5.73 Å². The van der Waals surface area contributed by atoms with E-state index in [0.29, 0.717) is 5.56 Å². The minimum atomic E-state index is -4.97. The molecule has 4 N–H and O–H groups in total. The molecule has 0 radical (unpaired) electrons. The van der Waals surface area contributed by atoms with Crippen molar-refractivity contribution in [1.82, 2.24) is 19.6 Å². The van der Waals surface area contributed by atoms with Crippen LogP contribution in [0.1, 0.15) is 30.2 Å². The van der Waals surface area contributed by atoms with Crippen LogP contribution in [0.4, 0.5) is 33.6 Å². The van der Waals surface area contributed by atoms with Crippen LogP contribution < -0.4 is 20.7 Å². The zero-order chi connectivity index (χ0) is 32.3. The van der Waals surface area contributed by atoms with E-state index >= 15 is 0 Å². The Bertz CT molecular complexity index is 1570. The molecule has 3 aromatic rings. The van der Waals surface area contributed by atoms with Crippen LogP contribution in [0, 0.1) is 0 Å². The smallest absolute Gasteiger partial charge is 0.406 e. The molecule has 1 amide bonds. The molecule has 1 aromatic heterocycles. The lowest BCUT2D eigenvalue weighted by Crippen LogP contribution is -2.60. The van der Waals surface area contributed by atoms with Crippen LogP contribution in [0.15, 0.2) is 59.6 Å². The molecule has 0 unspecified atom stereocenters. The predicted molar refractivity (Wildman–Crippen MR) is 148 cm³/mol. The number of piperazine rings is 1. The number of nitrogen functional groups attached to an aromatic ring is 1. The molecule has 0 spiro atoms. The maximum absolute atomic E-state index is 14.0. The highest BCUT2D eigenvalue weighted by Crippen LogP contribution is 2.31. The second-order valence-electron chi connectivity index (χ2n) is 9.79. The molecule has 1 atom stereocenters. The number of hydrogen-bond acceptors (Lipinski definition) is 9. The van der Waals surface area contributed by atoms with Gasteiger partial charge in [0.25, 0.3) is 5.92 Å². The van der Waals surface area contributed by atoms with Gasteiger partial charge in [0.1, 0.15) is 29.1 Å². The first-order chi connectivity index (χ1) is 20.6. The van der Waals surface area contributed by atoms with Gasteiger partial charge in [0.15, 0.2) is 0 Å². The Morgan fingerprint density at radius 3 is 2.32 bits per heavy atom. The maximum atomic E-state index is 14.0. The first-order valence-corrected chi connectivity index (χ1v) is 14.7. The Kier molecular flexibility index (Phi) is 9.60. The summed E-state index contributed by atoms with van der Waals surface area (Å²) in [5.41, 5.74) is 6.27. The van der Waals surface area contributed by atoms with Gasteiger partial charge in [-0.1, -0.05) is 31.2 Å². The molecule has 0 aliphatic carbocycles. The molecule has 238 valence electrons. The summed E-state index contributed by atoms with van der Waals surface area (Å²) in [6.07, 6.45) is -4.05. The first-order valence-electron chi connectivity index (χ1n) is 13.2. The van der Waals surface area contributed by atoms with E-state index in [1.54, 1.807) is 4.90 Å². The van der Waals surface area contributed by atoms with Crippen molar-refractivity contribution >= 4 is 27.6 Å². The number of carbonyl (C=O) groups is 1. The summed E-state index contributed by atoms with van der Waals surface area (Å²) in [4.78, 5) is 22.9. The van der Waals surface area contributed by atoms with Gasteiger partial charge in [0.2, 0.25) is 15.9 Å². The Balaban J connectivity index is 1.59. The second kappa shape index (κ2) is 12.9. The topological polar surface area (TPSA) is 151 Å². The number of aromatic nitrogens is 2. The Morgan fingerprint density at radius 2 is 1.75 bits per heavy atom. The maximum Gasteiger partial charge on any atom is 0.573 e. The second-order valence-corrected chi connectivity index (χ2v) is 11.7. The minimum Gasteiger partial charge on any atom is -0.406 e. The number of halogens is 5. The molecule has 11 nitrogen and oxygen atoms in total. The van der Waals surface area contributed by atoms with E-state index < -0.39 is 46.6 Å². The summed E-state index contributed by atoms with van der Waals surface area (Å²) in [6.45, 7) is 0.382. The number of carbonyl (C=O) groups excluding carboxylic acids is 1. The van der Waals surface area contributed by atoms with Crippen LogP contribution >= 0.6 is 0 Å². The zero-order valence-corrected chi connectivity index (χ0v) is 24.1. The zero-order valence-electron chi connectivity index (χ0n) is 23.3. The molecular formula is C27H29F5N6O5S. The number of hydrogen-bond donors (Lipinski definition) is 3. The molecule has 2 aromatic carbocycles. The summed E-state index contributed by atoms with van der Waals surface area (Å²) >= 11 is 0. The summed E-state index contributed by atoms with van der Waals surface area (Å²) in [6, 6.07) is 7.54. The van der Waals surface area contributed by atoms with Crippen molar-refractivity contribution in [3.8, 4) is 5.75 Å². The lowest BCUT2D eigenvalue weighted by Gasteiger charge is -2.40. The summed E-state index contributed by atoms with van der Waals surface area (Å²) in [5, 5.41) is 12.0. The minimum absolute atomic E-state index is 0.0397. The van der Waals surface area contributed by atoms with E-state index in [0.717, 1.165) is 28.6 Å². The molecule has 4 rings (SSSR count). The lowest BCUT2D eigenvalue weighted by molar-refractivity contribution is -0.274. The Hall–Kier alpha value is -4.09. The molecule has 17 heteroatoms. The largest absolute Gasteiger partial charge is 0.573 e. The molecule has 1 fully saturated rings. The first kappa shape index (κ1) is 32.8. The van der Waals surface area contributed by atoms with Crippen molar-refractivity contribution < 1.29 is 45.0 Å². The van der Waals surface area contributed by atoms with Gasteiger partial charge in [0, 0.05) is 38.2 Å². The third kappa shape index (κ3) is 7.51. The molecule has 0 saturated carbocycles. The third-order valence-electron chi connectivity index (χ3n) is 6.93. The van der Waals surface area contributed by atoms with Gasteiger partial charge in [-0.05, 0) is 29.8 Å². The number of benzene rings is 2. The van der Waals surface area contributed by atoms with Crippen molar-refractivity contribution in [1.29, 1.82) is 0 Å². The van der Waals surface area contributed by atoms with Crippen molar-refractivity contribution in [2.75, 3.05) is 30.3 Å². The number of aliphatic hydroxyl groups is 1. The van der Waals surface area contributed by atoms with Gasteiger partial charge in [0.05, 0.1) is 17.7 Å². The van der Waals surface area contributed by atoms with E-state index in [1.807, 2.05) is 0 Å². The van der Waals surface area contributed by atoms with Crippen LogP contribution in [-0.2, 0) is 33.9 Å². The van der Waals surface area contributed by atoms with Crippen LogP contribution in [0.5, 0.6) is 5.75 Å². The highest BCUT2D eigenvalue weighted by Gasteiger charge is 2.41. The van der Waals surface area contributed by atoms with E-state index in [2.05, 4.69) is 20.0 Å². The monoisotopic (exact) mass is 644 g/mol. The van der Waals surface area contributed by atoms with E-state index in [9.17, 15) is 40.3 Å². The number of amides is 1. The predicted octanol–water partition coefficient (Wildman–Crippen LogP) is 3.15. The Labute approximate surface area is 249 Å². The quantitative estimate of drug-likeness (QED) is 0.283. The number of sulfonamides is 1. The highest BCUT2D eigenvalue weighted by atomic mass is 32.2. The molecular weight excluding hydrogens is 615 g/mol. The number of anilines is 2. The fraction of sp³-hybridized carbons (Fsp3) is 0.370. The lowest BCUT2D eigenvalue weighted by atomic mass is 10.0. The highest BCUT2D eigenvalue weighted by molar-refractivity contribution is 7.89. The average Bonchev–Trinajstić information content (AvgIpc) is 2.99. The molecule has 1 aliphatic heterocycles. The van der Waals surface area contributed by atoms with Gasteiger partial charge >= 0.3 is 6.36 Å². The van der Waals surface area contributed by atoms with Crippen LogP contribution in [-0.4, -0.2) is 65.7 Å². The summed E-state index contributed by atoms with van der Waals surface area (Å²) in [5.74, 6) is -4.21. The van der Waals surface area contributed by atoms with Crippen molar-refractivity contribution in [2.24, 2.45) is 0 Å². The number of nitrogens with zero attached hydrogens (tertiary/aromatic N) is 4. The molecule has 0 bridgehead atoms. The number of alkyl halides is 5. The Morgan fingerprint density at radius 1 is 1.09 bits per heavy atom. The molecule has 44 heavy (non-hydrogen) atoms. The SMILES string of the molecule is CCC(F)(F)c1ccc(CNC(=O)[C@H]2CN(c3cnc(CO)c(N)n3)CCN2S(=O)(=O)c2ccc(OC(F)(F)F)cc2)cc1. The van der Waals surface area contributed by atoms with Crippen LogP contribution in [0.25, 0.3) is 0 Å². The van der Waals surface area contributed by atoms with E-state index in [1.165, 1.54) is 37.4 Å². The summed E-state index contributed by atoms with van der Waals surface area (Å²) < 4.78 is 97.7. The standard InChI is InChI=1S/C27H29F5N6O5S/c1-2-26(28,29)18-5-3-17(4-6-18)13-35-25(40)22-15-37(23-14-34-21(16-39)24(33)36-23)11-12-38(22)44(41,42)20-9-7-19(8-10-20)43-27(30,31)32/h3-10,14,22,39H,2,11-13,15-16H2,1H3,(H2,33,36)(H,35,40)/t22-/m1/s1. The van der Waals surface area contributed by atoms with Gasteiger partial charge in [-0.25, -0.2) is 22.2 Å². The number of nitrogens with two attached hydrogens (primary N) is 1. The number of rotatable bonds is 10. The third-order valence-corrected chi connectivity index (χ3v) is 8.85. The number of ether oxygens (including phenoxy) is 1.